The van der Waals surface area contributed by atoms with Crippen LogP contribution in [0.3, 0.4) is 0 Å². The highest BCUT2D eigenvalue weighted by atomic mass is 35.5. The van der Waals surface area contributed by atoms with Gasteiger partial charge in [0.1, 0.15) is 0 Å². The van der Waals surface area contributed by atoms with Crippen molar-refractivity contribution in [2.45, 2.75) is 30.7 Å². The van der Waals surface area contributed by atoms with E-state index in [4.69, 9.17) is 11.6 Å². The predicted octanol–water partition coefficient (Wildman–Crippen LogP) is 3.38. The number of benzene rings is 2. The van der Waals surface area contributed by atoms with Gasteiger partial charge in [-0.05, 0) is 43.5 Å². The van der Waals surface area contributed by atoms with Crippen LogP contribution in [0.25, 0.3) is 10.9 Å². The summed E-state index contributed by atoms with van der Waals surface area (Å²) in [7, 11) is -3.54. The van der Waals surface area contributed by atoms with Crippen molar-refractivity contribution in [2.24, 2.45) is 0 Å². The Hall–Kier alpha value is -2.22. The number of hydrogen-bond donors (Lipinski definition) is 0. The fourth-order valence-electron chi connectivity index (χ4n) is 3.74. The maximum Gasteiger partial charge on any atom is 0.261 e. The van der Waals surface area contributed by atoms with E-state index < -0.39 is 10.0 Å². The maximum atomic E-state index is 13.0. The van der Waals surface area contributed by atoms with Gasteiger partial charge in [0.2, 0.25) is 10.0 Å². The molecule has 0 unspecified atom stereocenters. The number of sulfonamides is 1. The average Bonchev–Trinajstić information content (AvgIpc) is 2.69. The molecule has 0 bridgehead atoms. The third-order valence-electron chi connectivity index (χ3n) is 5.29. The molecule has 2 heterocycles. The topological polar surface area (TPSA) is 72.3 Å². The summed E-state index contributed by atoms with van der Waals surface area (Å²) in [5.41, 5.74) is 1.08. The first-order chi connectivity index (χ1) is 13.4. The highest BCUT2D eigenvalue weighted by Crippen LogP contribution is 2.28. The SMILES string of the molecule is Cc1ccccc1S(=O)(=O)N1CCC(n2cnc3c(Cl)cccc3c2=O)CC1. The van der Waals surface area contributed by atoms with Crippen molar-refractivity contribution in [2.75, 3.05) is 13.1 Å². The Labute approximate surface area is 168 Å². The molecule has 1 saturated heterocycles. The van der Waals surface area contributed by atoms with Gasteiger partial charge in [0, 0.05) is 19.1 Å². The summed E-state index contributed by atoms with van der Waals surface area (Å²) in [5.74, 6) is 0. The van der Waals surface area contributed by atoms with Crippen LogP contribution < -0.4 is 5.56 Å². The minimum atomic E-state index is -3.54. The van der Waals surface area contributed by atoms with Gasteiger partial charge in [-0.25, -0.2) is 13.4 Å². The standard InChI is InChI=1S/C20H20ClN3O3S/c1-14-5-2-3-8-18(14)28(26,27)23-11-9-15(10-12-23)24-13-22-19-16(20(24)25)6-4-7-17(19)21/h2-8,13,15H,9-12H2,1H3. The van der Waals surface area contributed by atoms with Crippen molar-refractivity contribution < 1.29 is 8.42 Å². The fraction of sp³-hybridized carbons (Fsp3) is 0.300. The predicted molar refractivity (Wildman–Crippen MR) is 109 cm³/mol. The maximum absolute atomic E-state index is 13.0. The van der Waals surface area contributed by atoms with E-state index in [0.717, 1.165) is 5.56 Å². The molecule has 0 atom stereocenters. The van der Waals surface area contributed by atoms with Crippen molar-refractivity contribution in [1.29, 1.82) is 0 Å². The lowest BCUT2D eigenvalue weighted by Crippen LogP contribution is -2.41. The molecule has 28 heavy (non-hydrogen) atoms. The summed E-state index contributed by atoms with van der Waals surface area (Å²) >= 11 is 6.12. The number of rotatable bonds is 3. The third kappa shape index (κ3) is 3.23. The second kappa shape index (κ2) is 7.31. The van der Waals surface area contributed by atoms with E-state index in [1.807, 2.05) is 6.07 Å². The van der Waals surface area contributed by atoms with Gasteiger partial charge in [-0.1, -0.05) is 35.9 Å². The molecule has 0 radical (unpaired) electrons. The molecular formula is C20H20ClN3O3S. The average molecular weight is 418 g/mol. The lowest BCUT2D eigenvalue weighted by molar-refractivity contribution is 0.269. The number of para-hydroxylation sites is 1. The van der Waals surface area contributed by atoms with Gasteiger partial charge in [0.25, 0.3) is 5.56 Å². The molecule has 0 spiro atoms. The molecule has 1 aromatic heterocycles. The first kappa shape index (κ1) is 19.1. The van der Waals surface area contributed by atoms with E-state index in [1.165, 1.54) is 10.6 Å². The highest BCUT2D eigenvalue weighted by molar-refractivity contribution is 7.89. The molecule has 0 saturated carbocycles. The number of aryl methyl sites for hydroxylation is 1. The summed E-state index contributed by atoms with van der Waals surface area (Å²) in [6, 6.07) is 12.1. The summed E-state index contributed by atoms with van der Waals surface area (Å²) < 4.78 is 29.0. The number of hydrogen-bond acceptors (Lipinski definition) is 4. The zero-order valence-corrected chi connectivity index (χ0v) is 16.9. The molecular weight excluding hydrogens is 398 g/mol. The summed E-state index contributed by atoms with van der Waals surface area (Å²) in [6.07, 6.45) is 2.63. The lowest BCUT2D eigenvalue weighted by atomic mass is 10.1. The van der Waals surface area contributed by atoms with E-state index in [-0.39, 0.29) is 11.6 Å². The van der Waals surface area contributed by atoms with Gasteiger partial charge < -0.3 is 0 Å². The monoisotopic (exact) mass is 417 g/mol. The molecule has 4 rings (SSSR count). The molecule has 1 aliphatic rings. The van der Waals surface area contributed by atoms with E-state index in [1.54, 1.807) is 47.9 Å². The second-order valence-electron chi connectivity index (χ2n) is 6.99. The van der Waals surface area contributed by atoms with Gasteiger partial charge >= 0.3 is 0 Å². The highest BCUT2D eigenvalue weighted by Gasteiger charge is 2.31. The van der Waals surface area contributed by atoms with E-state index in [0.29, 0.717) is 46.8 Å². The number of fused-ring (bicyclic) bond motifs is 1. The Bertz CT molecular complexity index is 1200. The summed E-state index contributed by atoms with van der Waals surface area (Å²) in [4.78, 5) is 17.5. The van der Waals surface area contributed by atoms with Crippen molar-refractivity contribution in [1.82, 2.24) is 13.9 Å². The fourth-order valence-corrected chi connectivity index (χ4v) is 5.65. The number of nitrogens with zero attached hydrogens (tertiary/aromatic N) is 3. The first-order valence-electron chi connectivity index (χ1n) is 9.11. The van der Waals surface area contributed by atoms with E-state index in [9.17, 15) is 13.2 Å². The molecule has 0 N–H and O–H groups in total. The molecule has 0 amide bonds. The van der Waals surface area contributed by atoms with Gasteiger partial charge in [-0.3, -0.25) is 9.36 Å². The van der Waals surface area contributed by atoms with Crippen LogP contribution in [0, 0.1) is 6.92 Å². The Balaban J connectivity index is 1.58. The normalized spacial score (nSPS) is 16.5. The Morgan fingerprint density at radius 2 is 1.79 bits per heavy atom. The van der Waals surface area contributed by atoms with Gasteiger partial charge in [0.05, 0.1) is 27.1 Å². The quantitative estimate of drug-likeness (QED) is 0.654. The minimum Gasteiger partial charge on any atom is -0.296 e. The Kier molecular flexibility index (Phi) is 4.99. The van der Waals surface area contributed by atoms with Crippen LogP contribution in [0.4, 0.5) is 0 Å². The second-order valence-corrected chi connectivity index (χ2v) is 9.31. The van der Waals surface area contributed by atoms with E-state index in [2.05, 4.69) is 4.98 Å². The zero-order valence-electron chi connectivity index (χ0n) is 15.4. The van der Waals surface area contributed by atoms with Crippen LogP contribution in [-0.2, 0) is 10.0 Å². The Morgan fingerprint density at radius 1 is 1.07 bits per heavy atom. The molecule has 3 aromatic rings. The van der Waals surface area contributed by atoms with Crippen LogP contribution in [0.1, 0.15) is 24.4 Å². The van der Waals surface area contributed by atoms with Gasteiger partial charge in [0.15, 0.2) is 0 Å². The molecule has 2 aromatic carbocycles. The largest absolute Gasteiger partial charge is 0.296 e. The van der Waals surface area contributed by atoms with Crippen molar-refractivity contribution >= 4 is 32.5 Å². The van der Waals surface area contributed by atoms with E-state index >= 15 is 0 Å². The molecule has 1 aliphatic heterocycles. The molecule has 8 heteroatoms. The Morgan fingerprint density at radius 3 is 2.50 bits per heavy atom. The van der Waals surface area contributed by atoms with Crippen molar-refractivity contribution in [3.63, 3.8) is 0 Å². The lowest BCUT2D eigenvalue weighted by Gasteiger charge is -2.32. The summed E-state index contributed by atoms with van der Waals surface area (Å²) in [5, 5.41) is 0.922. The molecule has 146 valence electrons. The summed E-state index contributed by atoms with van der Waals surface area (Å²) in [6.45, 7) is 2.52. The number of piperidine rings is 1. The smallest absolute Gasteiger partial charge is 0.261 e. The van der Waals surface area contributed by atoms with Crippen LogP contribution in [0.2, 0.25) is 5.02 Å². The van der Waals surface area contributed by atoms with Crippen LogP contribution in [0.15, 0.2) is 58.5 Å². The number of aromatic nitrogens is 2. The van der Waals surface area contributed by atoms with Crippen molar-refractivity contribution in [3.8, 4) is 0 Å². The first-order valence-corrected chi connectivity index (χ1v) is 10.9. The van der Waals surface area contributed by atoms with Gasteiger partial charge in [-0.2, -0.15) is 4.31 Å². The molecule has 0 aliphatic carbocycles. The number of halogens is 1. The minimum absolute atomic E-state index is 0.0910. The zero-order chi connectivity index (χ0) is 19.9. The van der Waals surface area contributed by atoms with Gasteiger partial charge in [-0.15, -0.1) is 0 Å². The third-order valence-corrected chi connectivity index (χ3v) is 7.66. The van der Waals surface area contributed by atoms with Crippen molar-refractivity contribution in [3.05, 3.63) is 69.7 Å². The van der Waals surface area contributed by atoms with Crippen LogP contribution in [-0.4, -0.2) is 35.4 Å². The van der Waals surface area contributed by atoms with Crippen LogP contribution in [0.5, 0.6) is 0 Å². The molecule has 1 fully saturated rings. The van der Waals surface area contributed by atoms with Crippen LogP contribution >= 0.6 is 11.6 Å². The molecule has 6 nitrogen and oxygen atoms in total.